The van der Waals surface area contributed by atoms with Crippen LogP contribution < -0.4 is 20.1 Å². The maximum absolute atomic E-state index is 12.1. The summed E-state index contributed by atoms with van der Waals surface area (Å²) in [5.41, 5.74) is 0.792. The summed E-state index contributed by atoms with van der Waals surface area (Å²) in [6, 6.07) is 11.3. The van der Waals surface area contributed by atoms with Gasteiger partial charge in [-0.1, -0.05) is 17.7 Å². The normalized spacial score (nSPS) is 12.8. The van der Waals surface area contributed by atoms with E-state index in [0.29, 0.717) is 27.8 Å². The fourth-order valence-corrected chi connectivity index (χ4v) is 2.59. The van der Waals surface area contributed by atoms with Gasteiger partial charge < -0.3 is 24.8 Å². The highest BCUT2D eigenvalue weighted by Crippen LogP contribution is 2.32. The number of carbonyl (C=O) groups is 3. The Kier molecular flexibility index (Phi) is 6.00. The lowest BCUT2D eigenvalue weighted by atomic mass is 10.2. The molecule has 1 heterocycles. The summed E-state index contributed by atoms with van der Waals surface area (Å²) < 4.78 is 15.4. The zero-order valence-corrected chi connectivity index (χ0v) is 15.6. The minimum absolute atomic E-state index is 0.0991. The van der Waals surface area contributed by atoms with Gasteiger partial charge in [-0.15, -0.1) is 0 Å². The Balaban J connectivity index is 1.46. The number of anilines is 1. The van der Waals surface area contributed by atoms with Gasteiger partial charge in [-0.05, 0) is 43.3 Å². The van der Waals surface area contributed by atoms with E-state index in [1.54, 1.807) is 36.4 Å². The van der Waals surface area contributed by atoms with Crippen LogP contribution in [-0.4, -0.2) is 37.2 Å². The number of hydrogen-bond donors (Lipinski definition) is 2. The van der Waals surface area contributed by atoms with Crippen molar-refractivity contribution in [2.24, 2.45) is 0 Å². The summed E-state index contributed by atoms with van der Waals surface area (Å²) in [4.78, 5) is 36.1. The topological polar surface area (TPSA) is 103 Å². The van der Waals surface area contributed by atoms with Crippen molar-refractivity contribution in [1.29, 1.82) is 0 Å². The lowest BCUT2D eigenvalue weighted by Crippen LogP contribution is -2.35. The Morgan fingerprint density at radius 3 is 2.71 bits per heavy atom. The molecule has 0 unspecified atom stereocenters. The summed E-state index contributed by atoms with van der Waals surface area (Å²) in [5.74, 6) is -0.733. The molecule has 0 saturated carbocycles. The number of amides is 2. The molecule has 2 N–H and O–H groups in total. The SMILES string of the molecule is C[C@@H](OC(=O)CNC(=O)c1ccc2c(c1)OCO2)C(=O)Nc1cccc(Cl)c1. The molecule has 0 aromatic heterocycles. The molecule has 0 saturated heterocycles. The molecule has 1 aliphatic rings. The third-order valence-corrected chi connectivity index (χ3v) is 4.03. The summed E-state index contributed by atoms with van der Waals surface area (Å²) >= 11 is 5.85. The van der Waals surface area contributed by atoms with E-state index in [0.717, 1.165) is 0 Å². The standard InChI is InChI=1S/C19H17ClN2O6/c1-11(18(24)22-14-4-2-3-13(20)8-14)28-17(23)9-21-19(25)12-5-6-15-16(7-12)27-10-26-15/h2-8,11H,9-10H2,1H3,(H,21,25)(H,22,24)/t11-/m1/s1. The number of ether oxygens (including phenoxy) is 3. The van der Waals surface area contributed by atoms with E-state index in [4.69, 9.17) is 25.8 Å². The Morgan fingerprint density at radius 1 is 1.14 bits per heavy atom. The Bertz CT molecular complexity index is 917. The second-order valence-electron chi connectivity index (χ2n) is 5.88. The van der Waals surface area contributed by atoms with Gasteiger partial charge in [0.1, 0.15) is 6.54 Å². The molecule has 0 aliphatic carbocycles. The molecule has 1 atom stereocenters. The summed E-state index contributed by atoms with van der Waals surface area (Å²) in [7, 11) is 0. The molecule has 0 fully saturated rings. The van der Waals surface area contributed by atoms with Crippen molar-refractivity contribution < 1.29 is 28.6 Å². The zero-order chi connectivity index (χ0) is 20.1. The number of rotatable bonds is 6. The molecule has 3 rings (SSSR count). The van der Waals surface area contributed by atoms with E-state index < -0.39 is 23.9 Å². The Labute approximate surface area is 165 Å². The first kappa shape index (κ1) is 19.5. The minimum Gasteiger partial charge on any atom is -0.454 e. The van der Waals surface area contributed by atoms with E-state index in [1.807, 2.05) is 0 Å². The lowest BCUT2D eigenvalue weighted by molar-refractivity contribution is -0.152. The van der Waals surface area contributed by atoms with E-state index >= 15 is 0 Å². The van der Waals surface area contributed by atoms with Crippen LogP contribution in [0.2, 0.25) is 5.02 Å². The molecule has 9 heteroatoms. The van der Waals surface area contributed by atoms with Crippen LogP contribution in [0.15, 0.2) is 42.5 Å². The van der Waals surface area contributed by atoms with Crippen LogP contribution in [0.4, 0.5) is 5.69 Å². The quantitative estimate of drug-likeness (QED) is 0.716. The van der Waals surface area contributed by atoms with Gasteiger partial charge in [0.15, 0.2) is 17.6 Å². The Hall–Kier alpha value is -3.26. The first-order valence-corrected chi connectivity index (χ1v) is 8.74. The third kappa shape index (κ3) is 4.92. The van der Waals surface area contributed by atoms with Crippen LogP contribution in [0.1, 0.15) is 17.3 Å². The number of hydrogen-bond acceptors (Lipinski definition) is 6. The van der Waals surface area contributed by atoms with Crippen LogP contribution in [0.5, 0.6) is 11.5 Å². The molecule has 2 aromatic carbocycles. The molecule has 8 nitrogen and oxygen atoms in total. The van der Waals surface area contributed by atoms with E-state index in [9.17, 15) is 14.4 Å². The van der Waals surface area contributed by atoms with Crippen LogP contribution >= 0.6 is 11.6 Å². The molecule has 2 amide bonds. The average molecular weight is 405 g/mol. The second-order valence-corrected chi connectivity index (χ2v) is 6.32. The number of halogens is 1. The van der Waals surface area contributed by atoms with Crippen molar-refractivity contribution in [3.63, 3.8) is 0 Å². The van der Waals surface area contributed by atoms with Gasteiger partial charge in [0.25, 0.3) is 11.8 Å². The van der Waals surface area contributed by atoms with E-state index in [1.165, 1.54) is 13.0 Å². The van der Waals surface area contributed by atoms with E-state index in [-0.39, 0.29) is 13.3 Å². The molecule has 2 aromatic rings. The first-order valence-electron chi connectivity index (χ1n) is 8.36. The van der Waals surface area contributed by atoms with Crippen LogP contribution in [0, 0.1) is 0 Å². The molecule has 0 bridgehead atoms. The summed E-state index contributed by atoms with van der Waals surface area (Å²) in [6.07, 6.45) is -1.05. The van der Waals surface area contributed by atoms with Gasteiger partial charge in [-0.3, -0.25) is 14.4 Å². The van der Waals surface area contributed by atoms with Crippen molar-refractivity contribution in [2.45, 2.75) is 13.0 Å². The number of fused-ring (bicyclic) bond motifs is 1. The second kappa shape index (κ2) is 8.62. The van der Waals surface area contributed by atoms with Crippen LogP contribution in [0.25, 0.3) is 0 Å². The van der Waals surface area contributed by atoms with Crippen molar-refractivity contribution in [1.82, 2.24) is 5.32 Å². The van der Waals surface area contributed by atoms with Gasteiger partial charge >= 0.3 is 5.97 Å². The van der Waals surface area contributed by atoms with Gasteiger partial charge in [0.2, 0.25) is 6.79 Å². The predicted molar refractivity (Wildman–Crippen MR) is 101 cm³/mol. The molecule has 0 spiro atoms. The monoisotopic (exact) mass is 404 g/mol. The number of nitrogens with one attached hydrogen (secondary N) is 2. The van der Waals surface area contributed by atoms with Gasteiger partial charge in [0.05, 0.1) is 0 Å². The average Bonchev–Trinajstić information content (AvgIpc) is 3.13. The smallest absolute Gasteiger partial charge is 0.326 e. The Morgan fingerprint density at radius 2 is 1.93 bits per heavy atom. The molecule has 146 valence electrons. The van der Waals surface area contributed by atoms with Crippen LogP contribution in [-0.2, 0) is 14.3 Å². The molecular formula is C19H17ClN2O6. The molecule has 0 radical (unpaired) electrons. The number of benzene rings is 2. The summed E-state index contributed by atoms with van der Waals surface area (Å²) in [6.45, 7) is 1.14. The molecular weight excluding hydrogens is 388 g/mol. The predicted octanol–water partition coefficient (Wildman–Crippen LogP) is 2.37. The van der Waals surface area contributed by atoms with Crippen LogP contribution in [0.3, 0.4) is 0 Å². The van der Waals surface area contributed by atoms with Crippen molar-refractivity contribution in [2.75, 3.05) is 18.7 Å². The maximum atomic E-state index is 12.1. The fraction of sp³-hybridized carbons (Fsp3) is 0.211. The van der Waals surface area contributed by atoms with Gasteiger partial charge in [0, 0.05) is 16.3 Å². The van der Waals surface area contributed by atoms with Gasteiger partial charge in [-0.25, -0.2) is 0 Å². The maximum Gasteiger partial charge on any atom is 0.326 e. The van der Waals surface area contributed by atoms with Gasteiger partial charge in [-0.2, -0.15) is 0 Å². The lowest BCUT2D eigenvalue weighted by Gasteiger charge is -2.14. The third-order valence-electron chi connectivity index (χ3n) is 3.80. The fourth-order valence-electron chi connectivity index (χ4n) is 2.39. The van der Waals surface area contributed by atoms with Crippen molar-refractivity contribution in [3.8, 4) is 11.5 Å². The largest absolute Gasteiger partial charge is 0.454 e. The number of esters is 1. The highest BCUT2D eigenvalue weighted by molar-refractivity contribution is 6.30. The molecule has 1 aliphatic heterocycles. The van der Waals surface area contributed by atoms with Crippen molar-refractivity contribution >= 4 is 35.1 Å². The highest BCUT2D eigenvalue weighted by Gasteiger charge is 2.20. The minimum atomic E-state index is -1.05. The highest BCUT2D eigenvalue weighted by atomic mass is 35.5. The first-order chi connectivity index (χ1) is 13.4. The molecule has 28 heavy (non-hydrogen) atoms. The van der Waals surface area contributed by atoms with E-state index in [2.05, 4.69) is 10.6 Å². The van der Waals surface area contributed by atoms with Crippen molar-refractivity contribution in [3.05, 3.63) is 53.1 Å². The number of carbonyl (C=O) groups excluding carboxylic acids is 3. The summed E-state index contributed by atoms with van der Waals surface area (Å²) in [5, 5.41) is 5.49. The zero-order valence-electron chi connectivity index (χ0n) is 14.9.